The van der Waals surface area contributed by atoms with Crippen molar-refractivity contribution in [2.45, 2.75) is 38.1 Å². The smallest absolute Gasteiger partial charge is 0.246 e. The van der Waals surface area contributed by atoms with E-state index in [0.29, 0.717) is 11.9 Å². The lowest BCUT2D eigenvalue weighted by Crippen LogP contribution is -2.60. The van der Waals surface area contributed by atoms with Crippen LogP contribution in [0.25, 0.3) is 0 Å². The van der Waals surface area contributed by atoms with Crippen LogP contribution in [-0.4, -0.2) is 55.6 Å². The highest BCUT2D eigenvalue weighted by atomic mass is 16.5. The van der Waals surface area contributed by atoms with Crippen LogP contribution in [0.3, 0.4) is 0 Å². The van der Waals surface area contributed by atoms with Gasteiger partial charge in [-0.1, -0.05) is 6.92 Å². The van der Waals surface area contributed by atoms with E-state index in [2.05, 4.69) is 40.2 Å². The molecule has 1 saturated carbocycles. The maximum Gasteiger partial charge on any atom is 0.246 e. The Morgan fingerprint density at radius 2 is 1.76 bits per heavy atom. The van der Waals surface area contributed by atoms with Crippen LogP contribution in [0.4, 0.5) is 5.69 Å². The van der Waals surface area contributed by atoms with Crippen LogP contribution in [-0.2, 0) is 4.79 Å². The molecular weight excluding hydrogens is 366 g/mol. The van der Waals surface area contributed by atoms with Crippen LogP contribution >= 0.6 is 0 Å². The molecule has 1 aliphatic carbocycles. The molecule has 7 nitrogen and oxygen atoms in total. The van der Waals surface area contributed by atoms with Crippen molar-refractivity contribution in [3.63, 3.8) is 0 Å². The second-order valence-electron chi connectivity index (χ2n) is 8.44. The van der Waals surface area contributed by atoms with Crippen LogP contribution in [0.1, 0.15) is 32.6 Å². The van der Waals surface area contributed by atoms with Crippen molar-refractivity contribution >= 4 is 17.6 Å². The molecule has 1 saturated heterocycles. The average molecular weight is 396 g/mol. The summed E-state index contributed by atoms with van der Waals surface area (Å²) in [6.45, 7) is 5.52. The minimum atomic E-state index is -0.681. The number of carbonyl (C=O) groups is 1. The van der Waals surface area contributed by atoms with Crippen molar-refractivity contribution in [1.29, 1.82) is 5.26 Å². The number of anilines is 1. The minimum absolute atomic E-state index is 0.190. The van der Waals surface area contributed by atoms with Gasteiger partial charge in [-0.05, 0) is 55.9 Å². The van der Waals surface area contributed by atoms with Gasteiger partial charge in [0.05, 0.1) is 18.7 Å². The Balaban J connectivity index is 1.47. The Hall–Kier alpha value is -2.75. The first-order chi connectivity index (χ1) is 14.0. The van der Waals surface area contributed by atoms with E-state index >= 15 is 0 Å². The van der Waals surface area contributed by atoms with Gasteiger partial charge >= 0.3 is 0 Å². The molecule has 0 aromatic heterocycles. The molecule has 1 aromatic rings. The summed E-state index contributed by atoms with van der Waals surface area (Å²) in [5.41, 5.74) is 0.619. The van der Waals surface area contributed by atoms with Crippen LogP contribution in [0.15, 0.2) is 29.3 Å². The number of benzene rings is 1. The van der Waals surface area contributed by atoms with Gasteiger partial charge in [-0.3, -0.25) is 10.1 Å². The summed E-state index contributed by atoms with van der Waals surface area (Å²) in [6, 6.07) is 10.3. The molecule has 1 amide bonds. The molecule has 0 bridgehead atoms. The molecule has 0 unspecified atom stereocenters. The largest absolute Gasteiger partial charge is 0.497 e. The summed E-state index contributed by atoms with van der Waals surface area (Å²) in [6.07, 6.45) is 3.67. The molecule has 4 rings (SSSR count). The van der Waals surface area contributed by atoms with Crippen LogP contribution < -0.4 is 15.0 Å². The number of nitriles is 1. The SMILES string of the molecule is COc1ccc(N2CCN(C3=NC4(CCC(C)CC4)[C@@H](C#N)C(=O)N3)CC2)cc1. The van der Waals surface area contributed by atoms with E-state index in [-0.39, 0.29) is 5.91 Å². The number of piperazine rings is 1. The summed E-state index contributed by atoms with van der Waals surface area (Å²) in [7, 11) is 1.67. The molecular formula is C22H29N5O2. The number of ether oxygens (including phenoxy) is 1. The summed E-state index contributed by atoms with van der Waals surface area (Å²) >= 11 is 0. The number of guanidine groups is 1. The summed E-state index contributed by atoms with van der Waals surface area (Å²) < 4.78 is 5.24. The van der Waals surface area contributed by atoms with Crippen LogP contribution in [0.2, 0.25) is 0 Å². The summed E-state index contributed by atoms with van der Waals surface area (Å²) in [5.74, 6) is 1.27. The van der Waals surface area contributed by atoms with Crippen molar-refractivity contribution in [3.8, 4) is 11.8 Å². The van der Waals surface area contributed by atoms with Crippen LogP contribution in [0, 0.1) is 23.2 Å². The second kappa shape index (κ2) is 7.94. The van der Waals surface area contributed by atoms with Gasteiger partial charge in [0.15, 0.2) is 5.92 Å². The molecule has 1 spiro atoms. The number of hydrogen-bond acceptors (Lipinski definition) is 6. The van der Waals surface area contributed by atoms with Crippen molar-refractivity contribution in [2.24, 2.45) is 16.8 Å². The van der Waals surface area contributed by atoms with Crippen molar-refractivity contribution in [3.05, 3.63) is 24.3 Å². The highest BCUT2D eigenvalue weighted by molar-refractivity contribution is 6.02. The lowest BCUT2D eigenvalue weighted by molar-refractivity contribution is -0.125. The molecule has 1 aromatic carbocycles. The number of nitrogens with one attached hydrogen (secondary N) is 1. The molecule has 3 aliphatic rings. The number of methoxy groups -OCH3 is 1. The molecule has 1 atom stereocenters. The van der Waals surface area contributed by atoms with Gasteiger partial charge in [0.25, 0.3) is 0 Å². The predicted molar refractivity (Wildman–Crippen MR) is 112 cm³/mol. The highest BCUT2D eigenvalue weighted by Gasteiger charge is 2.49. The van der Waals surface area contributed by atoms with Gasteiger partial charge in [0.1, 0.15) is 5.75 Å². The van der Waals surface area contributed by atoms with Gasteiger partial charge in [-0.2, -0.15) is 5.26 Å². The third kappa shape index (κ3) is 3.76. The van der Waals surface area contributed by atoms with E-state index in [1.807, 2.05) is 12.1 Å². The normalized spacial score (nSPS) is 29.8. The molecule has 2 aliphatic heterocycles. The zero-order valence-corrected chi connectivity index (χ0v) is 17.2. The van der Waals surface area contributed by atoms with Crippen molar-refractivity contribution < 1.29 is 9.53 Å². The maximum atomic E-state index is 12.7. The van der Waals surface area contributed by atoms with E-state index < -0.39 is 11.5 Å². The third-order valence-electron chi connectivity index (χ3n) is 6.65. The van der Waals surface area contributed by atoms with E-state index in [1.54, 1.807) is 7.11 Å². The summed E-state index contributed by atoms with van der Waals surface area (Å²) in [5, 5.41) is 12.5. The number of amides is 1. The van der Waals surface area contributed by atoms with Gasteiger partial charge in [0.2, 0.25) is 11.9 Å². The highest BCUT2D eigenvalue weighted by Crippen LogP contribution is 2.41. The first-order valence-corrected chi connectivity index (χ1v) is 10.5. The van der Waals surface area contributed by atoms with E-state index in [4.69, 9.17) is 9.73 Å². The standard InChI is InChI=1S/C22H29N5O2/c1-16-7-9-22(10-8-16)19(15-23)20(28)24-21(25-22)27-13-11-26(12-14-27)17-3-5-18(29-2)6-4-17/h3-6,16,19H,7-14H2,1-2H3,(H,24,25,28)/t16?,19-,22?/m0/s1. The lowest BCUT2D eigenvalue weighted by atomic mass is 9.70. The first kappa shape index (κ1) is 19.6. The number of rotatable bonds is 2. The van der Waals surface area contributed by atoms with E-state index in [9.17, 15) is 10.1 Å². The van der Waals surface area contributed by atoms with E-state index in [1.165, 1.54) is 5.69 Å². The monoisotopic (exact) mass is 395 g/mol. The predicted octanol–water partition coefficient (Wildman–Crippen LogP) is 2.39. The Morgan fingerprint density at radius 3 is 2.34 bits per heavy atom. The summed E-state index contributed by atoms with van der Waals surface area (Å²) in [4.78, 5) is 22.2. The Kier molecular flexibility index (Phi) is 5.35. The average Bonchev–Trinajstić information content (AvgIpc) is 2.76. The first-order valence-electron chi connectivity index (χ1n) is 10.5. The van der Waals surface area contributed by atoms with Gasteiger partial charge in [-0.25, -0.2) is 4.99 Å². The number of carbonyl (C=O) groups excluding carboxylic acids is 1. The Labute approximate surface area is 172 Å². The van der Waals surface area contributed by atoms with Gasteiger partial charge in [-0.15, -0.1) is 0 Å². The molecule has 2 fully saturated rings. The zero-order valence-electron chi connectivity index (χ0n) is 17.2. The second-order valence-corrected chi connectivity index (χ2v) is 8.44. The van der Waals surface area contributed by atoms with Gasteiger partial charge in [0, 0.05) is 31.9 Å². The molecule has 154 valence electrons. The van der Waals surface area contributed by atoms with Crippen molar-refractivity contribution in [1.82, 2.24) is 10.2 Å². The third-order valence-corrected chi connectivity index (χ3v) is 6.65. The van der Waals surface area contributed by atoms with Crippen LogP contribution in [0.5, 0.6) is 5.75 Å². The number of hydrogen-bond donors (Lipinski definition) is 1. The molecule has 7 heteroatoms. The zero-order chi connectivity index (χ0) is 20.4. The fraction of sp³-hybridized carbons (Fsp3) is 0.591. The minimum Gasteiger partial charge on any atom is -0.497 e. The Bertz CT molecular complexity index is 813. The van der Waals surface area contributed by atoms with E-state index in [0.717, 1.165) is 57.6 Å². The topological polar surface area (TPSA) is 81.0 Å². The fourth-order valence-electron chi connectivity index (χ4n) is 4.69. The number of aliphatic imine (C=N–C) groups is 1. The molecule has 1 N–H and O–H groups in total. The molecule has 29 heavy (non-hydrogen) atoms. The maximum absolute atomic E-state index is 12.7. The fourth-order valence-corrected chi connectivity index (χ4v) is 4.69. The quantitative estimate of drug-likeness (QED) is 0.832. The Morgan fingerprint density at radius 1 is 1.14 bits per heavy atom. The lowest BCUT2D eigenvalue weighted by Gasteiger charge is -2.45. The number of nitrogens with zero attached hydrogens (tertiary/aromatic N) is 4. The van der Waals surface area contributed by atoms with Crippen molar-refractivity contribution in [2.75, 3.05) is 38.2 Å². The van der Waals surface area contributed by atoms with Gasteiger partial charge < -0.3 is 14.5 Å². The molecule has 0 radical (unpaired) electrons. The molecule has 2 heterocycles.